The van der Waals surface area contributed by atoms with E-state index in [4.69, 9.17) is 9.97 Å². The van der Waals surface area contributed by atoms with Gasteiger partial charge in [0.25, 0.3) is 5.56 Å². The van der Waals surface area contributed by atoms with Gasteiger partial charge in [0.2, 0.25) is 5.95 Å². The van der Waals surface area contributed by atoms with E-state index in [0.717, 1.165) is 30.9 Å². The third kappa shape index (κ3) is 4.01. The first-order chi connectivity index (χ1) is 16.3. The highest BCUT2D eigenvalue weighted by Gasteiger charge is 2.21. The number of anilines is 2. The summed E-state index contributed by atoms with van der Waals surface area (Å²) in [5.41, 5.74) is 4.69. The van der Waals surface area contributed by atoms with E-state index in [-0.39, 0.29) is 11.0 Å². The lowest BCUT2D eigenvalue weighted by atomic mass is 9.92. The number of hydrogen-bond donors (Lipinski definition) is 2. The largest absolute Gasteiger partial charge is 0.324 e. The van der Waals surface area contributed by atoms with Gasteiger partial charge in [0.05, 0.1) is 6.54 Å². The molecule has 1 aromatic carbocycles. The molecule has 0 unspecified atom stereocenters. The molecule has 0 atom stereocenters. The van der Waals surface area contributed by atoms with Crippen LogP contribution in [-0.2, 0) is 24.9 Å². The number of fused-ring (bicyclic) bond motifs is 2. The predicted octanol–water partition coefficient (Wildman–Crippen LogP) is 3.85. The summed E-state index contributed by atoms with van der Waals surface area (Å²) in [7, 11) is 0. The number of nitrogens with zero attached hydrogens (tertiary/aromatic N) is 5. The molecule has 0 aliphatic carbocycles. The van der Waals surface area contributed by atoms with E-state index in [9.17, 15) is 4.79 Å². The van der Waals surface area contributed by atoms with Gasteiger partial charge in [-0.25, -0.2) is 19.3 Å². The van der Waals surface area contributed by atoms with Crippen LogP contribution in [0.5, 0.6) is 0 Å². The van der Waals surface area contributed by atoms with E-state index in [2.05, 4.69) is 55.1 Å². The highest BCUT2D eigenvalue weighted by Crippen LogP contribution is 2.24. The Bertz CT molecular complexity index is 1440. The number of hydrogen-bond acceptors (Lipinski definition) is 6. The molecule has 4 heterocycles. The molecule has 0 bridgehead atoms. The summed E-state index contributed by atoms with van der Waals surface area (Å²) in [6.45, 7) is 12.4. The molecule has 3 aromatic heterocycles. The van der Waals surface area contributed by atoms with E-state index in [0.29, 0.717) is 29.3 Å². The Labute approximate surface area is 198 Å². The zero-order valence-corrected chi connectivity index (χ0v) is 19.8. The highest BCUT2D eigenvalue weighted by molar-refractivity contribution is 5.77. The summed E-state index contributed by atoms with van der Waals surface area (Å²) in [4.78, 5) is 27.2. The number of benzene rings is 1. The zero-order valence-electron chi connectivity index (χ0n) is 19.8. The third-order valence-corrected chi connectivity index (χ3v) is 6.05. The van der Waals surface area contributed by atoms with Gasteiger partial charge in [-0.2, -0.15) is 4.98 Å². The maximum absolute atomic E-state index is 13.2. The van der Waals surface area contributed by atoms with Crippen LogP contribution in [0.1, 0.15) is 37.6 Å². The van der Waals surface area contributed by atoms with E-state index >= 15 is 0 Å². The summed E-state index contributed by atoms with van der Waals surface area (Å²) in [6.07, 6.45) is 4.27. The maximum atomic E-state index is 13.2. The van der Waals surface area contributed by atoms with Gasteiger partial charge in [-0.3, -0.25) is 4.79 Å². The minimum atomic E-state index is -0.175. The van der Waals surface area contributed by atoms with Gasteiger partial charge in [0, 0.05) is 29.5 Å². The molecule has 0 amide bonds. The Kier molecular flexibility index (Phi) is 5.53. The van der Waals surface area contributed by atoms with Crippen molar-refractivity contribution in [1.29, 1.82) is 0 Å². The molecule has 0 saturated heterocycles. The summed E-state index contributed by atoms with van der Waals surface area (Å²) in [5.74, 6) is 1.06. The standard InChI is InChI=1S/C26H29N7O/c1-5-13-32-24(34)20-16-28-25(29-19-10-9-18-15-27-12-11-17(18)14-19)31-23(20)33(32)22-8-6-7-21(30-22)26(2,3)4/h5-10,14,16,27H,1,11-13,15H2,2-4H3,(H,28,29,31). The molecule has 0 radical (unpaired) electrons. The topological polar surface area (TPSA) is 89.7 Å². The van der Waals surface area contributed by atoms with E-state index in [1.54, 1.807) is 21.6 Å². The molecule has 1 aliphatic heterocycles. The first kappa shape index (κ1) is 22.0. The van der Waals surface area contributed by atoms with Crippen molar-refractivity contribution < 1.29 is 0 Å². The second-order valence-electron chi connectivity index (χ2n) is 9.58. The molecule has 8 nitrogen and oxygen atoms in total. The van der Waals surface area contributed by atoms with Crippen molar-refractivity contribution in [3.05, 3.63) is 82.4 Å². The lowest BCUT2D eigenvalue weighted by Gasteiger charge is -2.19. The van der Waals surface area contributed by atoms with Crippen LogP contribution in [0.3, 0.4) is 0 Å². The van der Waals surface area contributed by atoms with Crippen molar-refractivity contribution in [1.82, 2.24) is 29.6 Å². The van der Waals surface area contributed by atoms with Crippen molar-refractivity contribution in [2.45, 2.75) is 45.7 Å². The van der Waals surface area contributed by atoms with Gasteiger partial charge in [-0.1, -0.05) is 39.0 Å². The van der Waals surface area contributed by atoms with Crippen LogP contribution < -0.4 is 16.2 Å². The van der Waals surface area contributed by atoms with Crippen LogP contribution in [-0.4, -0.2) is 30.9 Å². The number of rotatable bonds is 5. The molecule has 8 heteroatoms. The molecule has 0 fully saturated rings. The fraction of sp³-hybridized carbons (Fsp3) is 0.308. The molecular weight excluding hydrogens is 426 g/mol. The Morgan fingerprint density at radius 2 is 2.03 bits per heavy atom. The Morgan fingerprint density at radius 3 is 2.82 bits per heavy atom. The first-order valence-electron chi connectivity index (χ1n) is 11.5. The smallest absolute Gasteiger partial charge is 0.278 e. The molecule has 0 saturated carbocycles. The molecule has 34 heavy (non-hydrogen) atoms. The van der Waals surface area contributed by atoms with E-state index < -0.39 is 0 Å². The number of allylic oxidation sites excluding steroid dienone is 1. The molecule has 174 valence electrons. The van der Waals surface area contributed by atoms with Crippen LogP contribution in [0.15, 0.2) is 60.0 Å². The van der Waals surface area contributed by atoms with Gasteiger partial charge in [-0.15, -0.1) is 6.58 Å². The summed E-state index contributed by atoms with van der Waals surface area (Å²) < 4.78 is 3.36. The Balaban J connectivity index is 1.62. The number of aromatic nitrogens is 5. The van der Waals surface area contributed by atoms with Gasteiger partial charge in [0.15, 0.2) is 11.5 Å². The predicted molar refractivity (Wildman–Crippen MR) is 135 cm³/mol. The second kappa shape index (κ2) is 8.53. The van der Waals surface area contributed by atoms with Crippen LogP contribution in [0.4, 0.5) is 11.6 Å². The van der Waals surface area contributed by atoms with Crippen molar-refractivity contribution in [2.24, 2.45) is 0 Å². The fourth-order valence-electron chi connectivity index (χ4n) is 4.25. The van der Waals surface area contributed by atoms with Gasteiger partial charge in [0.1, 0.15) is 5.39 Å². The molecule has 5 rings (SSSR count). The average Bonchev–Trinajstić information content (AvgIpc) is 3.10. The molecule has 4 aromatic rings. The highest BCUT2D eigenvalue weighted by atomic mass is 16.1. The van der Waals surface area contributed by atoms with Gasteiger partial charge < -0.3 is 10.6 Å². The lowest BCUT2D eigenvalue weighted by Crippen LogP contribution is -2.23. The molecular formula is C26H29N7O. The fourth-order valence-corrected chi connectivity index (χ4v) is 4.25. The molecule has 2 N–H and O–H groups in total. The zero-order chi connectivity index (χ0) is 23.9. The van der Waals surface area contributed by atoms with Gasteiger partial charge in [-0.05, 0) is 48.4 Å². The number of nitrogens with one attached hydrogen (secondary N) is 2. The normalized spacial score (nSPS) is 13.6. The van der Waals surface area contributed by atoms with E-state index in [1.807, 2.05) is 24.3 Å². The Morgan fingerprint density at radius 1 is 1.18 bits per heavy atom. The second-order valence-corrected chi connectivity index (χ2v) is 9.58. The summed E-state index contributed by atoms with van der Waals surface area (Å²) in [6, 6.07) is 12.2. The van der Waals surface area contributed by atoms with Crippen LogP contribution >= 0.6 is 0 Å². The van der Waals surface area contributed by atoms with Crippen molar-refractivity contribution in [2.75, 3.05) is 11.9 Å². The third-order valence-electron chi connectivity index (χ3n) is 6.05. The molecule has 1 aliphatic rings. The maximum Gasteiger partial charge on any atom is 0.278 e. The van der Waals surface area contributed by atoms with Crippen molar-refractivity contribution >= 4 is 22.7 Å². The SMILES string of the molecule is C=CCn1c(=O)c2cnc(Nc3ccc4c(c3)CCNC4)nc2n1-c1cccc(C(C)(C)C)n1. The van der Waals surface area contributed by atoms with Crippen LogP contribution in [0.2, 0.25) is 0 Å². The lowest BCUT2D eigenvalue weighted by molar-refractivity contribution is 0.554. The van der Waals surface area contributed by atoms with E-state index in [1.165, 1.54) is 11.1 Å². The monoisotopic (exact) mass is 455 g/mol. The summed E-state index contributed by atoms with van der Waals surface area (Å²) >= 11 is 0. The first-order valence-corrected chi connectivity index (χ1v) is 11.5. The Hall–Kier alpha value is -3.78. The average molecular weight is 456 g/mol. The quantitative estimate of drug-likeness (QED) is 0.445. The number of pyridine rings is 1. The van der Waals surface area contributed by atoms with Crippen LogP contribution in [0.25, 0.3) is 16.9 Å². The van der Waals surface area contributed by atoms with Gasteiger partial charge >= 0.3 is 0 Å². The van der Waals surface area contributed by atoms with Crippen molar-refractivity contribution in [3.63, 3.8) is 0 Å². The van der Waals surface area contributed by atoms with Crippen molar-refractivity contribution in [3.8, 4) is 5.82 Å². The minimum Gasteiger partial charge on any atom is -0.324 e. The van der Waals surface area contributed by atoms with Crippen LogP contribution in [0, 0.1) is 0 Å². The minimum absolute atomic E-state index is 0.133. The molecule has 0 spiro atoms. The summed E-state index contributed by atoms with van der Waals surface area (Å²) in [5, 5.41) is 7.14.